The van der Waals surface area contributed by atoms with E-state index in [4.69, 9.17) is 27.4 Å². The zero-order valence-corrected chi connectivity index (χ0v) is 5.29. The van der Waals surface area contributed by atoms with Crippen LogP contribution >= 0.6 is 0 Å². The molecular weight excluding hydrogens is 318 g/mol. The van der Waals surface area contributed by atoms with Gasteiger partial charge in [0, 0.05) is 6.92 Å². The summed E-state index contributed by atoms with van der Waals surface area (Å²) in [4.78, 5) is 9.00. The Kier molecular flexibility index (Phi) is 43.4. The first kappa shape index (κ1) is 29.8. The number of rotatable bonds is 0. The van der Waals surface area contributed by atoms with E-state index in [0.717, 1.165) is 6.92 Å². The van der Waals surface area contributed by atoms with Gasteiger partial charge in [-0.3, -0.25) is 13.9 Å². The van der Waals surface area contributed by atoms with Gasteiger partial charge in [0.05, 0.1) is 0 Å². The molecule has 0 spiro atoms. The molecule has 3 N–H and O–H groups in total. The Morgan fingerprint density at radius 3 is 1.17 bits per heavy atom. The van der Waals surface area contributed by atoms with E-state index >= 15 is 0 Å². The number of carboxylic acids is 1. The maximum absolute atomic E-state index is 9.00. The van der Waals surface area contributed by atoms with Crippen LogP contribution in [0, 0.1) is 0 Å². The summed E-state index contributed by atoms with van der Waals surface area (Å²) in [6, 6.07) is 0. The molecule has 0 saturated heterocycles. The zero-order chi connectivity index (χ0) is 8.08. The molecule has 0 aliphatic carbocycles. The molecule has 10 heteroatoms. The second-order valence-electron chi connectivity index (χ2n) is 0.967. The topological polar surface area (TPSA) is 112 Å². The fraction of sp³-hybridized carbons (Fsp3) is 0.500. The average Bonchev–Trinajstić information content (AvgIpc) is 1.19. The van der Waals surface area contributed by atoms with Gasteiger partial charge < -0.3 is 5.11 Å². The summed E-state index contributed by atoms with van der Waals surface area (Å²) in [6.45, 7) is 1.08. The summed E-state index contributed by atoms with van der Waals surface area (Å²) < 4.78 is 31.6. The molecule has 0 aromatic rings. The van der Waals surface area contributed by atoms with Gasteiger partial charge in [0.1, 0.15) is 0 Å². The zero-order valence-electron chi connectivity index (χ0n) is 4.47. The van der Waals surface area contributed by atoms with Gasteiger partial charge in [0.2, 0.25) is 0 Å². The first-order valence-electron chi connectivity index (χ1n) is 1.63. The summed E-state index contributed by atoms with van der Waals surface area (Å²) in [5, 5.41) is 7.42. The summed E-state index contributed by atoms with van der Waals surface area (Å²) in [6.07, 6.45) is 0. The van der Waals surface area contributed by atoms with E-state index in [9.17, 15) is 0 Å². The Morgan fingerprint density at radius 1 is 1.17 bits per heavy atom. The van der Waals surface area contributed by atoms with Crippen molar-refractivity contribution in [1.29, 1.82) is 0 Å². The average molecular weight is 328 g/mol. The van der Waals surface area contributed by atoms with Crippen molar-refractivity contribution in [3.63, 3.8) is 0 Å². The Bertz CT molecular complexity index is 166. The van der Waals surface area contributed by atoms with Crippen LogP contribution in [0.4, 0.5) is 0 Å². The van der Waals surface area contributed by atoms with E-state index in [1.54, 1.807) is 0 Å². The Labute approximate surface area is 193 Å². The second-order valence-corrected chi connectivity index (χ2v) is 1.86. The van der Waals surface area contributed by atoms with Gasteiger partial charge in [-0.1, -0.05) is 0 Å². The van der Waals surface area contributed by atoms with Crippen LogP contribution in [0.5, 0.6) is 0 Å². The van der Waals surface area contributed by atoms with Gasteiger partial charge >= 0.3 is 159 Å². The fourth-order valence-electron chi connectivity index (χ4n) is 0. The van der Waals surface area contributed by atoms with Crippen molar-refractivity contribution in [1.82, 2.24) is 0 Å². The molecule has 0 aromatic heterocycles. The van der Waals surface area contributed by atoms with Gasteiger partial charge in [0.25, 0.3) is 5.97 Å². The fourth-order valence-corrected chi connectivity index (χ4v) is 0. The number of carboxylic acid groups (broad SMARTS) is 1. The van der Waals surface area contributed by atoms with Gasteiger partial charge in [0.15, 0.2) is 0 Å². The van der Waals surface area contributed by atoms with E-state index in [1.807, 2.05) is 0 Å². The van der Waals surface area contributed by atoms with Crippen LogP contribution in [0.1, 0.15) is 6.92 Å². The van der Waals surface area contributed by atoms with Crippen molar-refractivity contribution >= 4 is 165 Å². The van der Waals surface area contributed by atoms with Crippen LogP contribution in [0.2, 0.25) is 0 Å². The van der Waals surface area contributed by atoms with Gasteiger partial charge in [-0.15, -0.1) is 0 Å². The molecule has 0 atom stereocenters. The van der Waals surface area contributed by atoms with E-state index < -0.39 is 16.4 Å². The molecule has 0 amide bonds. The minimum absolute atomic E-state index is 0. The van der Waals surface area contributed by atoms with Crippen molar-refractivity contribution in [2.24, 2.45) is 0 Å². The van der Waals surface area contributed by atoms with E-state index in [1.165, 1.54) is 0 Å². The SMILES string of the molecule is CC(=O)O.O=S(=O)(O)O.[KH].[KH].[SrH2]. The van der Waals surface area contributed by atoms with Crippen LogP contribution in [0.3, 0.4) is 0 Å². The molecule has 6 nitrogen and oxygen atoms in total. The van der Waals surface area contributed by atoms with Crippen molar-refractivity contribution in [2.75, 3.05) is 0 Å². The molecule has 0 rings (SSSR count). The van der Waals surface area contributed by atoms with Crippen molar-refractivity contribution in [3.05, 3.63) is 0 Å². The van der Waals surface area contributed by atoms with E-state index in [2.05, 4.69) is 0 Å². The van der Waals surface area contributed by atoms with Crippen molar-refractivity contribution < 1.29 is 27.4 Å². The normalized spacial score (nSPS) is 6.92. The molecule has 0 aromatic carbocycles. The third-order valence-electron chi connectivity index (χ3n) is 0. The predicted molar refractivity (Wildman–Crippen MR) is 50.3 cm³/mol. The molecular formula is C2H10K2O6SSr. The monoisotopic (exact) mass is 328 g/mol. The number of hydrogen-bond acceptors (Lipinski definition) is 3. The molecule has 0 saturated carbocycles. The van der Waals surface area contributed by atoms with Crippen molar-refractivity contribution in [3.8, 4) is 0 Å². The molecule has 0 radical (unpaired) electrons. The molecule has 0 aliphatic rings. The molecule has 0 unspecified atom stereocenters. The maximum atomic E-state index is 9.00. The Morgan fingerprint density at radius 2 is 1.17 bits per heavy atom. The van der Waals surface area contributed by atoms with Gasteiger partial charge in [-0.05, 0) is 0 Å². The van der Waals surface area contributed by atoms with Crippen LogP contribution in [-0.2, 0) is 15.2 Å². The summed E-state index contributed by atoms with van der Waals surface area (Å²) in [5.74, 6) is -0.833. The first-order chi connectivity index (χ1) is 3.73. The van der Waals surface area contributed by atoms with Crippen LogP contribution < -0.4 is 0 Å². The van der Waals surface area contributed by atoms with Gasteiger partial charge in [-0.25, -0.2) is 0 Å². The van der Waals surface area contributed by atoms with Crippen LogP contribution in [-0.4, -0.2) is 177 Å². The minimum atomic E-state index is -4.67. The molecule has 0 heterocycles. The molecule has 12 heavy (non-hydrogen) atoms. The third kappa shape index (κ3) is 144. The Balaban J connectivity index is -0.0000000221. The summed E-state index contributed by atoms with van der Waals surface area (Å²) in [7, 11) is -4.67. The third-order valence-corrected chi connectivity index (χ3v) is 0. The van der Waals surface area contributed by atoms with E-state index in [-0.39, 0.29) is 148 Å². The molecule has 0 bridgehead atoms. The quantitative estimate of drug-likeness (QED) is 0.328. The van der Waals surface area contributed by atoms with Crippen LogP contribution in [0.25, 0.3) is 0 Å². The predicted octanol–water partition coefficient (Wildman–Crippen LogP) is -2.78. The standard InChI is InChI=1S/C2H4O2.2K.H2O4S.Sr.4H/c1-2(3)4;;;1-5(2,3)4;;;;;/h1H3,(H,3,4);;;(H2,1,2,3,4);;;;;. The Hall–Kier alpha value is 4.09. The van der Waals surface area contributed by atoms with Gasteiger partial charge in [-0.2, -0.15) is 8.42 Å². The molecule has 64 valence electrons. The van der Waals surface area contributed by atoms with Crippen molar-refractivity contribution in [2.45, 2.75) is 6.92 Å². The number of carbonyl (C=O) groups is 1. The van der Waals surface area contributed by atoms with E-state index in [0.29, 0.717) is 0 Å². The second kappa shape index (κ2) is 17.5. The summed E-state index contributed by atoms with van der Waals surface area (Å²) in [5.41, 5.74) is 0. The number of aliphatic carboxylic acids is 1. The summed E-state index contributed by atoms with van der Waals surface area (Å²) >= 11 is 0. The van der Waals surface area contributed by atoms with Crippen LogP contribution in [0.15, 0.2) is 0 Å². The molecule has 0 aliphatic heterocycles. The molecule has 0 fully saturated rings. The first-order valence-corrected chi connectivity index (χ1v) is 3.02. The number of hydrogen-bond donors (Lipinski definition) is 3.